The highest BCUT2D eigenvalue weighted by Gasteiger charge is 2.54. The summed E-state index contributed by atoms with van der Waals surface area (Å²) in [5.41, 5.74) is 1.75. The number of carbonyl (C=O) groups excluding carboxylic acids is 1. The Bertz CT molecular complexity index is 1850. The Hall–Kier alpha value is -4.10. The summed E-state index contributed by atoms with van der Waals surface area (Å²) < 4.78 is 60.3. The number of benzene rings is 1. The van der Waals surface area contributed by atoms with E-state index in [-0.39, 0.29) is 41.3 Å². The second-order valence-corrected chi connectivity index (χ2v) is 12.9. The Balaban J connectivity index is 1.32. The highest BCUT2D eigenvalue weighted by molar-refractivity contribution is 7.89. The van der Waals surface area contributed by atoms with Gasteiger partial charge in [0.1, 0.15) is 23.7 Å². The number of sulfonamides is 1. The van der Waals surface area contributed by atoms with Gasteiger partial charge in [-0.3, -0.25) is 19.0 Å². The van der Waals surface area contributed by atoms with Gasteiger partial charge in [-0.1, -0.05) is 5.57 Å². The van der Waals surface area contributed by atoms with E-state index in [1.165, 1.54) is 39.7 Å². The van der Waals surface area contributed by atoms with Gasteiger partial charge in [-0.15, -0.1) is 5.10 Å². The van der Waals surface area contributed by atoms with E-state index in [0.29, 0.717) is 31.4 Å². The molecule has 3 aliphatic rings. The molecule has 0 unspecified atom stereocenters. The maximum absolute atomic E-state index is 14.4. The van der Waals surface area contributed by atoms with Crippen LogP contribution in [0.25, 0.3) is 11.8 Å². The van der Waals surface area contributed by atoms with Crippen molar-refractivity contribution < 1.29 is 22.0 Å². The van der Waals surface area contributed by atoms with Gasteiger partial charge < -0.3 is 0 Å². The maximum Gasteiger partial charge on any atom is 0.282 e. The van der Waals surface area contributed by atoms with E-state index in [1.54, 1.807) is 25.5 Å². The van der Waals surface area contributed by atoms with Crippen molar-refractivity contribution in [2.75, 3.05) is 0 Å². The molecule has 0 amide bonds. The summed E-state index contributed by atoms with van der Waals surface area (Å²) in [7, 11) is -2.43. The summed E-state index contributed by atoms with van der Waals surface area (Å²) in [5.74, 6) is -1.31. The first-order valence-electron chi connectivity index (χ1n) is 13.7. The molecule has 13 heteroatoms. The van der Waals surface area contributed by atoms with Crippen molar-refractivity contribution in [1.29, 1.82) is 0 Å². The van der Waals surface area contributed by atoms with E-state index >= 15 is 0 Å². The van der Waals surface area contributed by atoms with Gasteiger partial charge in [0.2, 0.25) is 0 Å². The fourth-order valence-electron chi connectivity index (χ4n) is 6.40. The van der Waals surface area contributed by atoms with Crippen LogP contribution in [0.2, 0.25) is 0 Å². The number of Topliss-reactive ketones (excluding diaryl/α,β-unsaturated/α-hetero) is 1. The maximum atomic E-state index is 14.4. The Morgan fingerprint density at radius 1 is 1.00 bits per heavy atom. The monoisotopic (exact) mass is 591 g/mol. The van der Waals surface area contributed by atoms with Crippen LogP contribution >= 0.6 is 0 Å². The molecule has 0 aliphatic heterocycles. The zero-order valence-electron chi connectivity index (χ0n) is 22.7. The third-order valence-electron chi connectivity index (χ3n) is 8.46. The first-order valence-corrected chi connectivity index (χ1v) is 15.2. The minimum absolute atomic E-state index is 0.0183. The van der Waals surface area contributed by atoms with Gasteiger partial charge in [-0.2, -0.15) is 4.31 Å². The molecule has 4 aromatic rings. The van der Waals surface area contributed by atoms with Crippen molar-refractivity contribution in [2.24, 2.45) is 12.5 Å². The normalized spacial score (nSPS) is 22.0. The van der Waals surface area contributed by atoms with Crippen molar-refractivity contribution in [1.82, 2.24) is 33.6 Å². The Morgan fingerprint density at radius 2 is 1.79 bits per heavy atom. The fourth-order valence-corrected chi connectivity index (χ4v) is 8.17. The molecule has 10 nitrogen and oxygen atoms in total. The number of allylic oxidation sites excluding steroid dienone is 1. The molecule has 7 rings (SSSR count). The summed E-state index contributed by atoms with van der Waals surface area (Å²) in [6.45, 7) is 0. The number of hydrogen-bond acceptors (Lipinski definition) is 7. The summed E-state index contributed by atoms with van der Waals surface area (Å²) in [4.78, 5) is 27.2. The van der Waals surface area contributed by atoms with Gasteiger partial charge in [0.05, 0.1) is 23.1 Å². The molecule has 0 bridgehead atoms. The second-order valence-electron chi connectivity index (χ2n) is 11.2. The minimum atomic E-state index is -4.04. The molecule has 42 heavy (non-hydrogen) atoms. The van der Waals surface area contributed by atoms with Gasteiger partial charge in [-0.05, 0) is 68.5 Å². The average Bonchev–Trinajstić information content (AvgIpc) is 3.55. The number of imidazole rings is 1. The first-order chi connectivity index (χ1) is 20.2. The van der Waals surface area contributed by atoms with Crippen LogP contribution in [0.3, 0.4) is 0 Å². The quantitative estimate of drug-likeness (QED) is 0.300. The van der Waals surface area contributed by atoms with E-state index in [4.69, 9.17) is 0 Å². The van der Waals surface area contributed by atoms with Crippen molar-refractivity contribution in [3.8, 4) is 5.69 Å². The molecule has 0 spiro atoms. The van der Waals surface area contributed by atoms with E-state index in [9.17, 15) is 22.0 Å². The van der Waals surface area contributed by atoms with Crippen LogP contribution in [0, 0.1) is 17.0 Å². The van der Waals surface area contributed by atoms with Crippen LogP contribution in [0.4, 0.5) is 8.78 Å². The number of ketones is 1. The number of aryl methyl sites for hydroxylation is 1. The first kappa shape index (κ1) is 26.8. The second kappa shape index (κ2) is 9.73. The Labute approximate surface area is 240 Å². The number of nitrogens with zero attached hydrogens (tertiary/aromatic N) is 7. The van der Waals surface area contributed by atoms with E-state index in [0.717, 1.165) is 23.0 Å². The van der Waals surface area contributed by atoms with Crippen LogP contribution < -0.4 is 0 Å². The zero-order chi connectivity index (χ0) is 29.2. The molecule has 3 heterocycles. The number of hydrogen-bond donors (Lipinski definition) is 0. The van der Waals surface area contributed by atoms with Gasteiger partial charge in [0.15, 0.2) is 5.78 Å². The Morgan fingerprint density at radius 3 is 2.48 bits per heavy atom. The number of carbonyl (C=O) groups is 1. The van der Waals surface area contributed by atoms with Crippen LogP contribution in [0.1, 0.15) is 54.0 Å². The summed E-state index contributed by atoms with van der Waals surface area (Å²) in [5, 5.41) is 3.81. The topological polar surface area (TPSA) is 116 Å². The predicted molar refractivity (Wildman–Crippen MR) is 147 cm³/mol. The molecule has 1 aromatic carbocycles. The molecule has 0 radical (unpaired) electrons. The average molecular weight is 592 g/mol. The lowest BCUT2D eigenvalue weighted by molar-refractivity contribution is 0.0731. The van der Waals surface area contributed by atoms with E-state index < -0.39 is 27.3 Å². The third-order valence-corrected chi connectivity index (χ3v) is 10.3. The molecule has 3 aromatic heterocycles. The molecule has 0 N–H and O–H groups in total. The molecule has 2 fully saturated rings. The minimum Gasteiger partial charge on any atom is -0.299 e. The highest BCUT2D eigenvalue weighted by Crippen LogP contribution is 2.52. The van der Waals surface area contributed by atoms with Crippen LogP contribution in [-0.2, 0) is 23.5 Å². The van der Waals surface area contributed by atoms with Crippen molar-refractivity contribution in [3.05, 3.63) is 89.5 Å². The number of pyridine rings is 1. The number of rotatable bonds is 7. The molecule has 2 atom stereocenters. The summed E-state index contributed by atoms with van der Waals surface area (Å²) in [6, 6.07) is 7.64. The van der Waals surface area contributed by atoms with Gasteiger partial charge in [0, 0.05) is 43.5 Å². The van der Waals surface area contributed by atoms with Crippen LogP contribution in [-0.4, -0.2) is 59.9 Å². The fraction of sp³-hybridized carbons (Fsp3) is 0.345. The lowest BCUT2D eigenvalue weighted by Crippen LogP contribution is -2.51. The largest absolute Gasteiger partial charge is 0.299 e. The third kappa shape index (κ3) is 4.38. The SMILES string of the molecule is Cn1cnc(S(=O)(=O)N(C2CC2)[C@H]2CCC3=Cc4c(ncn4-c4ccc(F)cc4)C[C@]3(C(=O)c3cc(F)ccn3)C2)n1. The van der Waals surface area contributed by atoms with E-state index in [2.05, 4.69) is 20.1 Å². The molecule has 0 saturated heterocycles. The number of fused-ring (bicyclic) bond motifs is 2. The lowest BCUT2D eigenvalue weighted by Gasteiger charge is -2.46. The van der Waals surface area contributed by atoms with E-state index in [1.807, 2.05) is 10.6 Å². The molecular weight excluding hydrogens is 564 g/mol. The van der Waals surface area contributed by atoms with Gasteiger partial charge in [-0.25, -0.2) is 27.2 Å². The van der Waals surface area contributed by atoms with Gasteiger partial charge in [0.25, 0.3) is 15.2 Å². The summed E-state index contributed by atoms with van der Waals surface area (Å²) >= 11 is 0. The lowest BCUT2D eigenvalue weighted by atomic mass is 9.61. The van der Waals surface area contributed by atoms with Crippen LogP contribution in [0.5, 0.6) is 0 Å². The Kier molecular flexibility index (Phi) is 6.21. The highest BCUT2D eigenvalue weighted by atomic mass is 32.2. The summed E-state index contributed by atoms with van der Waals surface area (Å²) in [6.07, 6.45) is 8.89. The smallest absolute Gasteiger partial charge is 0.282 e. The molecule has 3 aliphatic carbocycles. The van der Waals surface area contributed by atoms with Crippen molar-refractivity contribution in [2.45, 2.75) is 55.8 Å². The number of aromatic nitrogens is 6. The standard InChI is InChI=1S/C29H27F2N7O3S/c1-36-16-34-28(35-36)42(40,41)38(22-8-9-22)23-5-2-18-12-26-25(33-17-37(26)21-6-3-19(30)4-7-21)15-29(18,14-23)27(39)24-13-20(31)10-11-32-24/h3-4,6-7,10-13,16-17,22-23H,2,5,8-9,14-15H2,1H3/t23-,29+/m0/s1. The van der Waals surface area contributed by atoms with Crippen LogP contribution in [0.15, 0.2) is 66.0 Å². The predicted octanol–water partition coefficient (Wildman–Crippen LogP) is 3.89. The molecular formula is C29H27F2N7O3S. The van der Waals surface area contributed by atoms with Crippen molar-refractivity contribution in [3.63, 3.8) is 0 Å². The van der Waals surface area contributed by atoms with Gasteiger partial charge >= 0.3 is 0 Å². The number of halogens is 2. The molecule has 216 valence electrons. The van der Waals surface area contributed by atoms with Crippen molar-refractivity contribution >= 4 is 21.9 Å². The molecule has 2 saturated carbocycles. The zero-order valence-corrected chi connectivity index (χ0v) is 23.5.